The van der Waals surface area contributed by atoms with E-state index in [2.05, 4.69) is 10.6 Å². The molecule has 1 heterocycles. The molecule has 0 aliphatic carbocycles. The van der Waals surface area contributed by atoms with E-state index in [-0.39, 0.29) is 17.8 Å². The van der Waals surface area contributed by atoms with E-state index in [1.165, 1.54) is 6.07 Å². The van der Waals surface area contributed by atoms with Crippen LogP contribution in [-0.4, -0.2) is 25.0 Å². The van der Waals surface area contributed by atoms with Gasteiger partial charge in [-0.15, -0.1) is 0 Å². The van der Waals surface area contributed by atoms with E-state index in [1.807, 2.05) is 6.07 Å². The van der Waals surface area contributed by atoms with Gasteiger partial charge in [0.1, 0.15) is 5.82 Å². The maximum atomic E-state index is 13.0. The molecule has 0 radical (unpaired) electrons. The van der Waals surface area contributed by atoms with Crippen LogP contribution in [0.3, 0.4) is 0 Å². The van der Waals surface area contributed by atoms with Crippen molar-refractivity contribution in [3.05, 3.63) is 35.6 Å². The first-order valence-electron chi connectivity index (χ1n) is 7.01. The molecule has 19 heavy (non-hydrogen) atoms. The van der Waals surface area contributed by atoms with Crippen LogP contribution in [0.2, 0.25) is 0 Å². The van der Waals surface area contributed by atoms with Crippen LogP contribution in [0.4, 0.5) is 4.39 Å². The molecule has 1 aliphatic rings. The lowest BCUT2D eigenvalue weighted by Gasteiger charge is -2.22. The monoisotopic (exact) mass is 264 g/mol. The molecule has 104 valence electrons. The quantitative estimate of drug-likeness (QED) is 0.799. The number of aryl methyl sites for hydroxylation is 1. The Morgan fingerprint density at radius 1 is 1.42 bits per heavy atom. The van der Waals surface area contributed by atoms with Gasteiger partial charge in [-0.25, -0.2) is 4.39 Å². The second-order valence-corrected chi connectivity index (χ2v) is 5.03. The van der Waals surface area contributed by atoms with Crippen molar-refractivity contribution >= 4 is 5.91 Å². The minimum absolute atomic E-state index is 0.0251. The first-order valence-corrected chi connectivity index (χ1v) is 7.01. The number of benzene rings is 1. The Bertz CT molecular complexity index is 416. The van der Waals surface area contributed by atoms with Crippen molar-refractivity contribution in [1.29, 1.82) is 0 Å². The van der Waals surface area contributed by atoms with Crippen LogP contribution >= 0.6 is 0 Å². The lowest BCUT2D eigenvalue weighted by atomic mass is 10.0. The molecule has 0 unspecified atom stereocenters. The number of hydrogen-bond donors (Lipinski definition) is 2. The fraction of sp³-hybridized carbons (Fsp3) is 0.533. The van der Waals surface area contributed by atoms with Crippen LogP contribution in [0.15, 0.2) is 24.3 Å². The summed E-state index contributed by atoms with van der Waals surface area (Å²) in [5, 5.41) is 6.17. The number of rotatable bonds is 5. The van der Waals surface area contributed by atoms with Gasteiger partial charge in [-0.1, -0.05) is 18.6 Å². The third-order valence-corrected chi connectivity index (χ3v) is 3.46. The minimum Gasteiger partial charge on any atom is -0.355 e. The highest BCUT2D eigenvalue weighted by Crippen LogP contribution is 2.07. The van der Waals surface area contributed by atoms with Crippen molar-refractivity contribution < 1.29 is 9.18 Å². The standard InChI is InChI=1S/C15H21FN2O/c16-13-7-3-5-12(11-13)6-4-10-18-15(19)14-8-1-2-9-17-14/h3,5,7,11,14,17H,1-2,4,6,8-10H2,(H,18,19)/t14-/m0/s1. The average molecular weight is 264 g/mol. The van der Waals surface area contributed by atoms with Crippen molar-refractivity contribution in [2.45, 2.75) is 38.1 Å². The number of carbonyl (C=O) groups is 1. The maximum Gasteiger partial charge on any atom is 0.237 e. The van der Waals surface area contributed by atoms with Crippen LogP contribution in [0, 0.1) is 5.82 Å². The molecular formula is C15H21FN2O. The van der Waals surface area contributed by atoms with E-state index in [0.29, 0.717) is 6.54 Å². The van der Waals surface area contributed by atoms with Gasteiger partial charge in [-0.2, -0.15) is 0 Å². The molecule has 2 rings (SSSR count). The van der Waals surface area contributed by atoms with Crippen molar-refractivity contribution in [3.63, 3.8) is 0 Å². The predicted octanol–water partition coefficient (Wildman–Crippen LogP) is 2.02. The molecule has 1 aromatic rings. The minimum atomic E-state index is -0.201. The van der Waals surface area contributed by atoms with Crippen molar-refractivity contribution in [2.75, 3.05) is 13.1 Å². The number of hydrogen-bond acceptors (Lipinski definition) is 2. The van der Waals surface area contributed by atoms with Crippen molar-refractivity contribution in [2.24, 2.45) is 0 Å². The molecule has 0 aromatic heterocycles. The zero-order valence-electron chi connectivity index (χ0n) is 11.1. The summed E-state index contributed by atoms with van der Waals surface area (Å²) >= 11 is 0. The normalized spacial score (nSPS) is 19.1. The Hall–Kier alpha value is -1.42. The molecule has 1 aliphatic heterocycles. The van der Waals surface area contributed by atoms with Gasteiger partial charge in [0.05, 0.1) is 6.04 Å². The third-order valence-electron chi connectivity index (χ3n) is 3.46. The summed E-state index contributed by atoms with van der Waals surface area (Å²) in [6.45, 7) is 1.58. The summed E-state index contributed by atoms with van der Waals surface area (Å²) in [6, 6.07) is 6.59. The Balaban J connectivity index is 1.65. The van der Waals surface area contributed by atoms with Gasteiger partial charge in [0.25, 0.3) is 0 Å². The third kappa shape index (κ3) is 4.63. The Morgan fingerprint density at radius 3 is 3.05 bits per heavy atom. The van der Waals surface area contributed by atoms with Gasteiger partial charge in [0.15, 0.2) is 0 Å². The molecule has 0 bridgehead atoms. The summed E-state index contributed by atoms with van der Waals surface area (Å²) in [5.41, 5.74) is 0.977. The van der Waals surface area contributed by atoms with Gasteiger partial charge >= 0.3 is 0 Å². The highest BCUT2D eigenvalue weighted by Gasteiger charge is 2.19. The van der Waals surface area contributed by atoms with E-state index in [1.54, 1.807) is 12.1 Å². The zero-order valence-corrected chi connectivity index (χ0v) is 11.1. The topological polar surface area (TPSA) is 41.1 Å². The van der Waals surface area contributed by atoms with Gasteiger partial charge in [0.2, 0.25) is 5.91 Å². The molecule has 1 atom stereocenters. The van der Waals surface area contributed by atoms with Gasteiger partial charge < -0.3 is 10.6 Å². The zero-order chi connectivity index (χ0) is 13.5. The Morgan fingerprint density at radius 2 is 2.32 bits per heavy atom. The molecular weight excluding hydrogens is 243 g/mol. The van der Waals surface area contributed by atoms with Crippen molar-refractivity contribution in [1.82, 2.24) is 10.6 Å². The molecule has 4 heteroatoms. The summed E-state index contributed by atoms with van der Waals surface area (Å²) < 4.78 is 13.0. The molecule has 0 spiro atoms. The van der Waals surface area contributed by atoms with E-state index in [0.717, 1.165) is 44.2 Å². The predicted molar refractivity (Wildman–Crippen MR) is 73.4 cm³/mol. The average Bonchev–Trinajstić information content (AvgIpc) is 2.44. The molecule has 2 N–H and O–H groups in total. The second kappa shape index (κ2) is 7.24. The first kappa shape index (κ1) is 14.0. The highest BCUT2D eigenvalue weighted by molar-refractivity contribution is 5.81. The molecule has 1 amide bonds. The van der Waals surface area contributed by atoms with E-state index < -0.39 is 0 Å². The molecule has 1 saturated heterocycles. The fourth-order valence-electron chi connectivity index (χ4n) is 2.40. The molecule has 1 fully saturated rings. The highest BCUT2D eigenvalue weighted by atomic mass is 19.1. The largest absolute Gasteiger partial charge is 0.355 e. The summed E-state index contributed by atoms with van der Waals surface area (Å²) in [6.07, 6.45) is 4.82. The molecule has 3 nitrogen and oxygen atoms in total. The van der Waals surface area contributed by atoms with Crippen LogP contribution < -0.4 is 10.6 Å². The number of amides is 1. The number of nitrogens with one attached hydrogen (secondary N) is 2. The molecule has 1 aromatic carbocycles. The Labute approximate surface area is 113 Å². The van der Waals surface area contributed by atoms with E-state index in [4.69, 9.17) is 0 Å². The summed E-state index contributed by atoms with van der Waals surface area (Å²) in [7, 11) is 0. The smallest absolute Gasteiger partial charge is 0.237 e. The first-order chi connectivity index (χ1) is 9.25. The van der Waals surface area contributed by atoms with Gasteiger partial charge in [-0.05, 0) is 49.9 Å². The lowest BCUT2D eigenvalue weighted by Crippen LogP contribution is -2.46. The summed E-state index contributed by atoms with van der Waals surface area (Å²) in [5.74, 6) is -0.105. The van der Waals surface area contributed by atoms with Gasteiger partial charge in [0, 0.05) is 6.54 Å². The second-order valence-electron chi connectivity index (χ2n) is 5.03. The van der Waals surface area contributed by atoms with Crippen LogP contribution in [0.5, 0.6) is 0 Å². The van der Waals surface area contributed by atoms with E-state index >= 15 is 0 Å². The fourth-order valence-corrected chi connectivity index (χ4v) is 2.40. The SMILES string of the molecule is O=C(NCCCc1cccc(F)c1)[C@@H]1CCCCN1. The van der Waals surface area contributed by atoms with Crippen LogP contribution in [-0.2, 0) is 11.2 Å². The summed E-state index contributed by atoms with van der Waals surface area (Å²) in [4.78, 5) is 11.8. The maximum absolute atomic E-state index is 13.0. The number of halogens is 1. The number of carbonyl (C=O) groups excluding carboxylic acids is 1. The van der Waals surface area contributed by atoms with Gasteiger partial charge in [-0.3, -0.25) is 4.79 Å². The lowest BCUT2D eigenvalue weighted by molar-refractivity contribution is -0.123. The Kier molecular flexibility index (Phi) is 5.33. The molecule has 0 saturated carbocycles. The van der Waals surface area contributed by atoms with Crippen LogP contribution in [0.1, 0.15) is 31.2 Å². The van der Waals surface area contributed by atoms with Crippen LogP contribution in [0.25, 0.3) is 0 Å². The van der Waals surface area contributed by atoms with Crippen molar-refractivity contribution in [3.8, 4) is 0 Å². The number of piperidine rings is 1. The van der Waals surface area contributed by atoms with E-state index in [9.17, 15) is 9.18 Å².